The number of hydrogen-bond donors (Lipinski definition) is 2. The van der Waals surface area contributed by atoms with Gasteiger partial charge in [-0.15, -0.1) is 0 Å². The molecule has 3 aromatic rings. The molecular formula is C25H27NO2. The van der Waals surface area contributed by atoms with E-state index in [1.807, 2.05) is 79.7 Å². The summed E-state index contributed by atoms with van der Waals surface area (Å²) >= 11 is 0. The lowest BCUT2D eigenvalue weighted by Crippen LogP contribution is -2.15. The fraction of sp³-hybridized carbons (Fsp3) is 0.240. The zero-order valence-electron chi connectivity index (χ0n) is 16.5. The number of rotatable bonds is 7. The lowest BCUT2D eigenvalue weighted by atomic mass is 9.98. The van der Waals surface area contributed by atoms with Crippen LogP contribution in [0.5, 0.6) is 0 Å². The maximum Gasteiger partial charge on any atom is 0.224 e. The molecule has 28 heavy (non-hydrogen) atoms. The van der Waals surface area contributed by atoms with Crippen LogP contribution in [0.2, 0.25) is 0 Å². The van der Waals surface area contributed by atoms with Crippen LogP contribution >= 0.6 is 0 Å². The molecule has 0 heterocycles. The van der Waals surface area contributed by atoms with Crippen LogP contribution in [0.1, 0.15) is 42.6 Å². The van der Waals surface area contributed by atoms with Crippen LogP contribution in [0.25, 0.3) is 11.1 Å². The number of hydrogen-bond acceptors (Lipinski definition) is 2. The monoisotopic (exact) mass is 373 g/mol. The Labute approximate surface area is 167 Å². The maximum absolute atomic E-state index is 12.4. The minimum absolute atomic E-state index is 0.0673. The SMILES string of the molecule is CCc1cccc(C)c1NC(=O)CCC(O)c1cccc(-c2ccccc2)c1. The normalized spacial score (nSPS) is 11.8. The first-order valence-electron chi connectivity index (χ1n) is 9.80. The first-order chi connectivity index (χ1) is 13.6. The summed E-state index contributed by atoms with van der Waals surface area (Å²) in [4.78, 5) is 12.4. The summed E-state index contributed by atoms with van der Waals surface area (Å²) < 4.78 is 0. The van der Waals surface area contributed by atoms with E-state index < -0.39 is 6.10 Å². The number of aryl methyl sites for hydroxylation is 2. The number of para-hydroxylation sites is 1. The molecule has 0 spiro atoms. The Morgan fingerprint density at radius 1 is 0.964 bits per heavy atom. The van der Waals surface area contributed by atoms with E-state index in [0.717, 1.165) is 39.9 Å². The number of aliphatic hydroxyl groups excluding tert-OH is 1. The fourth-order valence-corrected chi connectivity index (χ4v) is 3.39. The number of benzene rings is 3. The zero-order chi connectivity index (χ0) is 19.9. The number of nitrogens with one attached hydrogen (secondary N) is 1. The van der Waals surface area contributed by atoms with Gasteiger partial charge in [0.25, 0.3) is 0 Å². The largest absolute Gasteiger partial charge is 0.388 e. The van der Waals surface area contributed by atoms with Crippen molar-refractivity contribution in [2.24, 2.45) is 0 Å². The average Bonchev–Trinajstić information content (AvgIpc) is 2.74. The maximum atomic E-state index is 12.4. The predicted octanol–water partition coefficient (Wildman–Crippen LogP) is 5.68. The molecule has 0 aliphatic rings. The van der Waals surface area contributed by atoms with Crippen LogP contribution in [0.15, 0.2) is 72.8 Å². The summed E-state index contributed by atoms with van der Waals surface area (Å²) in [5, 5.41) is 13.6. The number of carbonyl (C=O) groups is 1. The third-order valence-electron chi connectivity index (χ3n) is 5.03. The van der Waals surface area contributed by atoms with Gasteiger partial charge in [-0.1, -0.05) is 73.7 Å². The second-order valence-corrected chi connectivity index (χ2v) is 7.06. The molecule has 0 aliphatic heterocycles. The number of anilines is 1. The van der Waals surface area contributed by atoms with E-state index in [0.29, 0.717) is 6.42 Å². The molecule has 2 N–H and O–H groups in total. The lowest BCUT2D eigenvalue weighted by molar-refractivity contribution is -0.116. The molecular weight excluding hydrogens is 346 g/mol. The van der Waals surface area contributed by atoms with Gasteiger partial charge in [0.2, 0.25) is 5.91 Å². The number of amides is 1. The third kappa shape index (κ3) is 4.87. The van der Waals surface area contributed by atoms with Crippen molar-refractivity contribution >= 4 is 11.6 Å². The van der Waals surface area contributed by atoms with E-state index in [1.54, 1.807) is 0 Å². The molecule has 1 amide bonds. The Hall–Kier alpha value is -2.91. The molecule has 144 valence electrons. The Kier molecular flexibility index (Phi) is 6.62. The highest BCUT2D eigenvalue weighted by atomic mass is 16.3. The lowest BCUT2D eigenvalue weighted by Gasteiger charge is -2.15. The van der Waals surface area contributed by atoms with Gasteiger partial charge in [0.15, 0.2) is 0 Å². The van der Waals surface area contributed by atoms with Crippen molar-refractivity contribution in [3.8, 4) is 11.1 Å². The third-order valence-corrected chi connectivity index (χ3v) is 5.03. The molecule has 0 radical (unpaired) electrons. The highest BCUT2D eigenvalue weighted by molar-refractivity contribution is 5.92. The molecule has 3 nitrogen and oxygen atoms in total. The van der Waals surface area contributed by atoms with Crippen LogP contribution in [0.4, 0.5) is 5.69 Å². The van der Waals surface area contributed by atoms with Crippen molar-refractivity contribution in [3.63, 3.8) is 0 Å². The summed E-state index contributed by atoms with van der Waals surface area (Å²) in [5.74, 6) is -0.0673. The van der Waals surface area contributed by atoms with Crippen molar-refractivity contribution in [2.45, 2.75) is 39.2 Å². The first kappa shape index (κ1) is 19.8. The highest BCUT2D eigenvalue weighted by Gasteiger charge is 2.13. The Bertz CT molecular complexity index is 934. The molecule has 0 aromatic heterocycles. The molecule has 0 saturated carbocycles. The van der Waals surface area contributed by atoms with Crippen LogP contribution in [0.3, 0.4) is 0 Å². The highest BCUT2D eigenvalue weighted by Crippen LogP contribution is 2.26. The van der Waals surface area contributed by atoms with E-state index in [2.05, 4.69) is 12.2 Å². The Morgan fingerprint density at radius 3 is 2.43 bits per heavy atom. The molecule has 1 unspecified atom stereocenters. The quantitative estimate of drug-likeness (QED) is 0.560. The van der Waals surface area contributed by atoms with E-state index in [-0.39, 0.29) is 12.3 Å². The molecule has 3 heteroatoms. The number of aliphatic hydroxyl groups is 1. The van der Waals surface area contributed by atoms with Gasteiger partial charge < -0.3 is 10.4 Å². The van der Waals surface area contributed by atoms with Gasteiger partial charge in [0, 0.05) is 12.1 Å². The van der Waals surface area contributed by atoms with E-state index in [1.165, 1.54) is 0 Å². The summed E-state index contributed by atoms with van der Waals surface area (Å²) in [6.45, 7) is 4.08. The van der Waals surface area contributed by atoms with E-state index >= 15 is 0 Å². The number of carbonyl (C=O) groups excluding carboxylic acids is 1. The van der Waals surface area contributed by atoms with Gasteiger partial charge in [-0.05, 0) is 53.6 Å². The Morgan fingerprint density at radius 2 is 1.68 bits per heavy atom. The molecule has 0 saturated heterocycles. The smallest absolute Gasteiger partial charge is 0.224 e. The van der Waals surface area contributed by atoms with Crippen LogP contribution in [0, 0.1) is 6.92 Å². The standard InChI is InChI=1S/C25H27NO2/c1-3-19-12-7-9-18(2)25(19)26-24(28)16-15-23(27)22-14-8-13-21(17-22)20-10-5-4-6-11-20/h4-14,17,23,27H,3,15-16H2,1-2H3,(H,26,28). The molecule has 0 bridgehead atoms. The summed E-state index contributed by atoms with van der Waals surface area (Å²) in [7, 11) is 0. The summed E-state index contributed by atoms with van der Waals surface area (Å²) in [6, 6.07) is 24.0. The fourth-order valence-electron chi connectivity index (χ4n) is 3.39. The van der Waals surface area contributed by atoms with Gasteiger partial charge in [-0.2, -0.15) is 0 Å². The molecule has 0 aliphatic carbocycles. The van der Waals surface area contributed by atoms with Crippen molar-refractivity contribution < 1.29 is 9.90 Å². The van der Waals surface area contributed by atoms with Crippen LogP contribution in [-0.4, -0.2) is 11.0 Å². The van der Waals surface area contributed by atoms with Gasteiger partial charge >= 0.3 is 0 Å². The molecule has 3 rings (SSSR count). The van der Waals surface area contributed by atoms with Gasteiger partial charge in [-0.3, -0.25) is 4.79 Å². The topological polar surface area (TPSA) is 49.3 Å². The van der Waals surface area contributed by atoms with Crippen molar-refractivity contribution in [1.29, 1.82) is 0 Å². The second-order valence-electron chi connectivity index (χ2n) is 7.06. The van der Waals surface area contributed by atoms with Crippen LogP contribution < -0.4 is 5.32 Å². The van der Waals surface area contributed by atoms with Gasteiger partial charge in [0.1, 0.15) is 0 Å². The van der Waals surface area contributed by atoms with Crippen LogP contribution in [-0.2, 0) is 11.2 Å². The van der Waals surface area contributed by atoms with Crippen molar-refractivity contribution in [1.82, 2.24) is 0 Å². The van der Waals surface area contributed by atoms with Gasteiger partial charge in [0.05, 0.1) is 6.10 Å². The first-order valence-corrected chi connectivity index (χ1v) is 9.80. The summed E-state index contributed by atoms with van der Waals surface area (Å²) in [5.41, 5.74) is 6.10. The second kappa shape index (κ2) is 9.34. The Balaban J connectivity index is 1.63. The minimum atomic E-state index is -0.670. The minimum Gasteiger partial charge on any atom is -0.388 e. The molecule has 0 fully saturated rings. The van der Waals surface area contributed by atoms with Gasteiger partial charge in [-0.25, -0.2) is 0 Å². The summed E-state index contributed by atoms with van der Waals surface area (Å²) in [6.07, 6.45) is 0.856. The van der Waals surface area contributed by atoms with E-state index in [4.69, 9.17) is 0 Å². The average molecular weight is 373 g/mol. The van der Waals surface area contributed by atoms with E-state index in [9.17, 15) is 9.90 Å². The van der Waals surface area contributed by atoms with Crippen molar-refractivity contribution in [3.05, 3.63) is 89.5 Å². The predicted molar refractivity (Wildman–Crippen MR) is 115 cm³/mol. The molecule has 1 atom stereocenters. The zero-order valence-corrected chi connectivity index (χ0v) is 16.5. The van der Waals surface area contributed by atoms with Crippen molar-refractivity contribution in [2.75, 3.05) is 5.32 Å². The molecule has 3 aromatic carbocycles.